The third-order valence-corrected chi connectivity index (χ3v) is 6.87. The molecule has 1 atom stereocenters. The number of nitrogens with one attached hydrogen (secondary N) is 3. The number of fused-ring (bicyclic) bond motifs is 1. The first-order valence-electron chi connectivity index (χ1n) is 13.2. The van der Waals surface area contributed by atoms with Crippen molar-refractivity contribution in [2.45, 2.75) is 76.8 Å². The highest BCUT2D eigenvalue weighted by Gasteiger charge is 2.39. The Labute approximate surface area is 230 Å². The molecule has 5 amide bonds. The first-order chi connectivity index (χ1) is 18.9. The second kappa shape index (κ2) is 10.6. The van der Waals surface area contributed by atoms with Crippen molar-refractivity contribution in [3.63, 3.8) is 0 Å². The molecule has 1 aromatic carbocycles. The van der Waals surface area contributed by atoms with Crippen molar-refractivity contribution in [1.29, 1.82) is 0 Å². The number of imide groups is 1. The number of aromatic nitrogens is 1. The number of nitrogens with zero attached hydrogens (tertiary/aromatic N) is 2. The lowest BCUT2D eigenvalue weighted by Crippen LogP contribution is -2.52. The zero-order chi connectivity index (χ0) is 28.6. The fourth-order valence-electron chi connectivity index (χ4n) is 4.88. The number of anilines is 1. The largest absolute Gasteiger partial charge is 0.489 e. The van der Waals surface area contributed by atoms with Gasteiger partial charge >= 0.3 is 6.09 Å². The van der Waals surface area contributed by atoms with Crippen molar-refractivity contribution < 1.29 is 33.4 Å². The topological polar surface area (TPSA) is 156 Å². The minimum atomic E-state index is -0.701. The predicted octanol–water partition coefficient (Wildman–Crippen LogP) is 2.53. The number of rotatable bonds is 6. The number of carbonyl (C=O) groups is 5. The zero-order valence-corrected chi connectivity index (χ0v) is 22.5. The molecular formula is C28H31N5O7. The lowest BCUT2D eigenvalue weighted by molar-refractivity contribution is -0.136. The second-order valence-electron chi connectivity index (χ2n) is 11.2. The van der Waals surface area contributed by atoms with E-state index in [1.165, 1.54) is 11.1 Å². The van der Waals surface area contributed by atoms with Gasteiger partial charge in [-0.2, -0.15) is 0 Å². The first-order valence-corrected chi connectivity index (χ1v) is 13.2. The monoisotopic (exact) mass is 549 g/mol. The molecule has 40 heavy (non-hydrogen) atoms. The maximum absolute atomic E-state index is 12.9. The molecule has 1 saturated carbocycles. The van der Waals surface area contributed by atoms with E-state index < -0.39 is 29.6 Å². The van der Waals surface area contributed by atoms with Gasteiger partial charge in [0.25, 0.3) is 11.8 Å². The third kappa shape index (κ3) is 6.05. The summed E-state index contributed by atoms with van der Waals surface area (Å²) in [5.74, 6) is -1.00. The molecule has 2 aromatic rings. The third-order valence-electron chi connectivity index (χ3n) is 6.87. The molecule has 12 nitrogen and oxygen atoms in total. The van der Waals surface area contributed by atoms with Gasteiger partial charge in [-0.15, -0.1) is 0 Å². The number of hydrogen-bond acceptors (Lipinski definition) is 8. The highest BCUT2D eigenvalue weighted by molar-refractivity contribution is 6.06. The van der Waals surface area contributed by atoms with E-state index >= 15 is 0 Å². The highest BCUT2D eigenvalue weighted by Crippen LogP contribution is 2.30. The number of hydrogen-bond donors (Lipinski definition) is 3. The van der Waals surface area contributed by atoms with Crippen LogP contribution in [0.4, 0.5) is 10.5 Å². The molecule has 3 N–H and O–H groups in total. The van der Waals surface area contributed by atoms with Crippen molar-refractivity contribution in [3.05, 3.63) is 53.3 Å². The first kappa shape index (κ1) is 27.1. The van der Waals surface area contributed by atoms with Crippen molar-refractivity contribution in [2.75, 3.05) is 5.32 Å². The summed E-state index contributed by atoms with van der Waals surface area (Å²) in [5.41, 5.74) is 1.27. The van der Waals surface area contributed by atoms with E-state index in [1.54, 1.807) is 30.3 Å². The fourth-order valence-corrected chi connectivity index (χ4v) is 4.88. The van der Waals surface area contributed by atoms with E-state index in [-0.39, 0.29) is 49.0 Å². The highest BCUT2D eigenvalue weighted by atomic mass is 16.6. The molecule has 2 aliphatic heterocycles. The number of ether oxygens (including phenoxy) is 2. The summed E-state index contributed by atoms with van der Waals surface area (Å²) in [6.07, 6.45) is 2.70. The maximum Gasteiger partial charge on any atom is 0.407 e. The van der Waals surface area contributed by atoms with Crippen LogP contribution in [0, 0.1) is 0 Å². The van der Waals surface area contributed by atoms with Crippen molar-refractivity contribution in [2.24, 2.45) is 0 Å². The Morgan fingerprint density at radius 1 is 1.10 bits per heavy atom. The Morgan fingerprint density at radius 2 is 1.88 bits per heavy atom. The van der Waals surface area contributed by atoms with Crippen LogP contribution >= 0.6 is 0 Å². The minimum absolute atomic E-state index is 0.0171. The molecule has 210 valence electrons. The van der Waals surface area contributed by atoms with Crippen molar-refractivity contribution in [1.82, 2.24) is 20.5 Å². The Bertz CT molecular complexity index is 1360. The van der Waals surface area contributed by atoms with E-state index in [1.807, 2.05) is 20.8 Å². The lowest BCUT2D eigenvalue weighted by atomic mass is 9.89. The summed E-state index contributed by atoms with van der Waals surface area (Å²) in [6, 6.07) is 7.44. The van der Waals surface area contributed by atoms with Gasteiger partial charge in [0.2, 0.25) is 11.8 Å². The number of alkyl carbamates (subject to hydrolysis) is 1. The lowest BCUT2D eigenvalue weighted by Gasteiger charge is -2.36. The van der Waals surface area contributed by atoms with Crippen LogP contribution in [0.15, 0.2) is 36.5 Å². The Balaban J connectivity index is 1.12. The van der Waals surface area contributed by atoms with Crippen molar-refractivity contribution in [3.8, 4) is 5.75 Å². The number of piperidine rings is 1. The quantitative estimate of drug-likeness (QED) is 0.464. The van der Waals surface area contributed by atoms with E-state index in [0.29, 0.717) is 35.4 Å². The van der Waals surface area contributed by atoms with Crippen LogP contribution in [0.5, 0.6) is 5.75 Å². The summed E-state index contributed by atoms with van der Waals surface area (Å²) in [4.78, 5) is 66.9. The molecule has 0 spiro atoms. The molecule has 3 aliphatic rings. The molecule has 1 saturated heterocycles. The number of pyridine rings is 1. The van der Waals surface area contributed by atoms with Crippen LogP contribution in [-0.2, 0) is 20.9 Å². The van der Waals surface area contributed by atoms with E-state index in [4.69, 9.17) is 9.47 Å². The van der Waals surface area contributed by atoms with Gasteiger partial charge < -0.3 is 25.0 Å². The Morgan fingerprint density at radius 3 is 2.55 bits per heavy atom. The van der Waals surface area contributed by atoms with Gasteiger partial charge in [-0.3, -0.25) is 24.5 Å². The molecule has 0 bridgehead atoms. The predicted molar refractivity (Wildman–Crippen MR) is 141 cm³/mol. The minimum Gasteiger partial charge on any atom is -0.489 e. The summed E-state index contributed by atoms with van der Waals surface area (Å²) in [5, 5.41) is 7.88. The number of benzene rings is 1. The van der Waals surface area contributed by atoms with E-state index in [0.717, 1.165) is 0 Å². The molecule has 2 fully saturated rings. The zero-order valence-electron chi connectivity index (χ0n) is 22.5. The van der Waals surface area contributed by atoms with Gasteiger partial charge in [-0.1, -0.05) is 0 Å². The van der Waals surface area contributed by atoms with Gasteiger partial charge in [0, 0.05) is 43.1 Å². The van der Waals surface area contributed by atoms with E-state index in [2.05, 4.69) is 20.9 Å². The van der Waals surface area contributed by atoms with E-state index in [9.17, 15) is 24.0 Å². The normalized spacial score (nSPS) is 22.1. The van der Waals surface area contributed by atoms with Crippen LogP contribution < -0.4 is 20.7 Å². The molecule has 1 aromatic heterocycles. The smallest absolute Gasteiger partial charge is 0.407 e. The van der Waals surface area contributed by atoms with Crippen LogP contribution in [0.2, 0.25) is 0 Å². The standard InChI is InChI=1S/C28H31N5O7/c1-28(2,3)40-27(38)31-17-11-19(12-17)39-18-5-7-21(29-13-18)24(35)30-16-4-6-20-15(10-16)14-33(26(20)37)22-8-9-23(34)32-25(22)36/h4-7,10,13,17,19,22H,8-9,11-12,14H2,1-3H3,(H,30,35)(H,31,38)(H,32,34,36)/t17?,19?,22-/m0/s1. The summed E-state index contributed by atoms with van der Waals surface area (Å²) in [7, 11) is 0. The maximum atomic E-state index is 12.9. The van der Waals surface area contributed by atoms with Crippen LogP contribution in [-0.4, -0.2) is 63.4 Å². The van der Waals surface area contributed by atoms with Crippen molar-refractivity contribution >= 4 is 35.4 Å². The van der Waals surface area contributed by atoms with Crippen LogP contribution in [0.25, 0.3) is 0 Å². The van der Waals surface area contributed by atoms with Gasteiger partial charge in [0.05, 0.1) is 6.20 Å². The molecule has 1 aliphatic carbocycles. The van der Waals surface area contributed by atoms with Crippen LogP contribution in [0.1, 0.15) is 72.9 Å². The molecular weight excluding hydrogens is 518 g/mol. The Hall–Kier alpha value is -4.48. The molecule has 5 rings (SSSR count). The molecule has 12 heteroatoms. The number of amides is 5. The summed E-state index contributed by atoms with van der Waals surface area (Å²) >= 11 is 0. The van der Waals surface area contributed by atoms with Gasteiger partial charge in [-0.25, -0.2) is 9.78 Å². The molecule has 3 heterocycles. The number of carbonyl (C=O) groups excluding carboxylic acids is 5. The molecule has 0 radical (unpaired) electrons. The SMILES string of the molecule is CC(C)(C)OC(=O)NC1CC(Oc2ccc(C(=O)Nc3ccc4c(c3)CN([C@H]3CCC(=O)NC3=O)C4=O)nc2)C1. The Kier molecular flexibility index (Phi) is 7.17. The van der Waals surface area contributed by atoms with Gasteiger partial charge in [-0.05, 0) is 63.1 Å². The van der Waals surface area contributed by atoms with Crippen LogP contribution in [0.3, 0.4) is 0 Å². The van der Waals surface area contributed by atoms with Gasteiger partial charge in [0.15, 0.2) is 0 Å². The summed E-state index contributed by atoms with van der Waals surface area (Å²) < 4.78 is 11.1. The second-order valence-corrected chi connectivity index (χ2v) is 11.2. The fraction of sp³-hybridized carbons (Fsp3) is 0.429. The summed E-state index contributed by atoms with van der Waals surface area (Å²) in [6.45, 7) is 5.64. The molecule has 0 unspecified atom stereocenters. The van der Waals surface area contributed by atoms with Gasteiger partial charge in [0.1, 0.15) is 29.2 Å². The average Bonchev–Trinajstić information content (AvgIpc) is 3.17. The average molecular weight is 550 g/mol.